The number of rotatable bonds is 6. The van der Waals surface area contributed by atoms with Crippen molar-refractivity contribution in [3.63, 3.8) is 0 Å². The molecule has 110 valence electrons. The molecule has 0 aromatic carbocycles. The van der Waals surface area contributed by atoms with Gasteiger partial charge < -0.3 is 15.5 Å². The molecule has 1 unspecified atom stereocenters. The summed E-state index contributed by atoms with van der Waals surface area (Å²) < 4.78 is 0. The van der Waals surface area contributed by atoms with Gasteiger partial charge in [-0.2, -0.15) is 0 Å². The van der Waals surface area contributed by atoms with Gasteiger partial charge in [-0.3, -0.25) is 4.79 Å². The van der Waals surface area contributed by atoms with Crippen molar-refractivity contribution in [3.05, 3.63) is 0 Å². The van der Waals surface area contributed by atoms with E-state index < -0.39 is 0 Å². The zero-order valence-corrected chi connectivity index (χ0v) is 12.5. The Labute approximate surface area is 117 Å². The summed E-state index contributed by atoms with van der Waals surface area (Å²) in [4.78, 5) is 14.7. The summed E-state index contributed by atoms with van der Waals surface area (Å²) in [6, 6.07) is 0.741. The van der Waals surface area contributed by atoms with Gasteiger partial charge in [-0.15, -0.1) is 0 Å². The second kappa shape index (κ2) is 6.71. The Balaban J connectivity index is 1.71. The lowest BCUT2D eigenvalue weighted by Gasteiger charge is -2.27. The van der Waals surface area contributed by atoms with Gasteiger partial charge in [-0.05, 0) is 39.3 Å². The summed E-state index contributed by atoms with van der Waals surface area (Å²) in [6.07, 6.45) is 7.30. The highest BCUT2D eigenvalue weighted by Gasteiger charge is 2.39. The van der Waals surface area contributed by atoms with Gasteiger partial charge in [-0.25, -0.2) is 0 Å². The average Bonchev–Trinajstić information content (AvgIpc) is 3.10. The van der Waals surface area contributed by atoms with E-state index in [1.54, 1.807) is 0 Å². The lowest BCUT2D eigenvalue weighted by Crippen LogP contribution is -2.45. The number of amides is 1. The molecule has 0 aromatic rings. The molecule has 1 aliphatic heterocycles. The maximum absolute atomic E-state index is 12.3. The van der Waals surface area contributed by atoms with Crippen LogP contribution in [-0.2, 0) is 4.79 Å². The fraction of sp³-hybridized carbons (Fsp3) is 0.933. The molecule has 2 rings (SSSR count). The van der Waals surface area contributed by atoms with Gasteiger partial charge in [0.25, 0.3) is 0 Å². The van der Waals surface area contributed by atoms with Gasteiger partial charge in [0.05, 0.1) is 5.41 Å². The molecule has 1 amide bonds. The van der Waals surface area contributed by atoms with Crippen molar-refractivity contribution >= 4 is 5.91 Å². The Morgan fingerprint density at radius 1 is 1.42 bits per heavy atom. The number of carbonyl (C=O) groups excluding carboxylic acids is 1. The van der Waals surface area contributed by atoms with Crippen molar-refractivity contribution in [2.24, 2.45) is 5.41 Å². The molecule has 2 aliphatic rings. The third-order valence-electron chi connectivity index (χ3n) is 5.10. The van der Waals surface area contributed by atoms with E-state index in [1.165, 1.54) is 25.7 Å². The predicted molar refractivity (Wildman–Crippen MR) is 78.1 cm³/mol. The van der Waals surface area contributed by atoms with Crippen molar-refractivity contribution < 1.29 is 4.79 Å². The quantitative estimate of drug-likeness (QED) is 0.764. The standard InChI is InChI=1S/C15H29N3O/c1-3-15(8-9-16-12-15)14(19)17-10-11-18(2)13-6-4-5-7-13/h13,16H,3-12H2,1-2H3,(H,17,19). The first-order valence-corrected chi connectivity index (χ1v) is 7.87. The maximum Gasteiger partial charge on any atom is 0.227 e. The van der Waals surface area contributed by atoms with Crippen molar-refractivity contribution in [1.29, 1.82) is 0 Å². The summed E-state index contributed by atoms with van der Waals surface area (Å²) >= 11 is 0. The smallest absolute Gasteiger partial charge is 0.227 e. The largest absolute Gasteiger partial charge is 0.354 e. The normalized spacial score (nSPS) is 28.2. The van der Waals surface area contributed by atoms with Crippen LogP contribution in [0.2, 0.25) is 0 Å². The Morgan fingerprint density at radius 3 is 2.74 bits per heavy atom. The van der Waals surface area contributed by atoms with Gasteiger partial charge in [-0.1, -0.05) is 19.8 Å². The molecule has 1 aliphatic carbocycles. The fourth-order valence-corrected chi connectivity index (χ4v) is 3.46. The van der Waals surface area contributed by atoms with E-state index in [0.717, 1.165) is 45.1 Å². The van der Waals surface area contributed by atoms with Crippen LogP contribution in [0.1, 0.15) is 45.4 Å². The molecule has 0 spiro atoms. The molecule has 1 heterocycles. The van der Waals surface area contributed by atoms with Crippen LogP contribution < -0.4 is 10.6 Å². The van der Waals surface area contributed by atoms with E-state index in [0.29, 0.717) is 0 Å². The number of likely N-dealkylation sites (N-methyl/N-ethyl adjacent to an activating group) is 1. The highest BCUT2D eigenvalue weighted by atomic mass is 16.2. The summed E-state index contributed by atoms with van der Waals surface area (Å²) in [5.74, 6) is 0.250. The minimum atomic E-state index is -0.147. The first kappa shape index (κ1) is 14.8. The van der Waals surface area contributed by atoms with Crippen LogP contribution in [0.4, 0.5) is 0 Å². The Bertz CT molecular complexity index is 294. The molecule has 0 bridgehead atoms. The van der Waals surface area contributed by atoms with Gasteiger partial charge >= 0.3 is 0 Å². The summed E-state index contributed by atoms with van der Waals surface area (Å²) in [5.41, 5.74) is -0.147. The summed E-state index contributed by atoms with van der Waals surface area (Å²) in [7, 11) is 2.19. The Kier molecular flexibility index (Phi) is 5.22. The molecule has 4 heteroatoms. The topological polar surface area (TPSA) is 44.4 Å². The van der Waals surface area contributed by atoms with Crippen LogP contribution in [0.25, 0.3) is 0 Å². The highest BCUT2D eigenvalue weighted by Crippen LogP contribution is 2.29. The number of nitrogens with one attached hydrogen (secondary N) is 2. The zero-order chi connectivity index (χ0) is 13.7. The molecule has 4 nitrogen and oxygen atoms in total. The second-order valence-electron chi connectivity index (χ2n) is 6.24. The Hall–Kier alpha value is -0.610. The summed E-state index contributed by atoms with van der Waals surface area (Å²) in [5, 5.41) is 6.47. The Morgan fingerprint density at radius 2 is 2.16 bits per heavy atom. The van der Waals surface area contributed by atoms with Gasteiger partial charge in [0.1, 0.15) is 0 Å². The maximum atomic E-state index is 12.3. The number of nitrogens with zero attached hydrogens (tertiary/aromatic N) is 1. The summed E-state index contributed by atoms with van der Waals surface area (Å²) in [6.45, 7) is 5.70. The predicted octanol–water partition coefficient (Wildman–Crippen LogP) is 1.37. The van der Waals surface area contributed by atoms with Crippen LogP contribution in [0, 0.1) is 5.41 Å². The third kappa shape index (κ3) is 3.48. The highest BCUT2D eigenvalue weighted by molar-refractivity contribution is 5.83. The van der Waals surface area contributed by atoms with Crippen LogP contribution in [0.15, 0.2) is 0 Å². The van der Waals surface area contributed by atoms with Gasteiger partial charge in [0.15, 0.2) is 0 Å². The number of hydrogen-bond donors (Lipinski definition) is 2. The van der Waals surface area contributed by atoms with E-state index in [1.807, 2.05) is 0 Å². The first-order chi connectivity index (χ1) is 9.18. The van der Waals surface area contributed by atoms with Gasteiger partial charge in [0, 0.05) is 25.7 Å². The van der Waals surface area contributed by atoms with Crippen molar-refractivity contribution in [1.82, 2.24) is 15.5 Å². The molecule has 2 N–H and O–H groups in total. The molecule has 19 heavy (non-hydrogen) atoms. The lowest BCUT2D eigenvalue weighted by atomic mass is 9.83. The van der Waals surface area contributed by atoms with Crippen molar-refractivity contribution in [3.8, 4) is 0 Å². The van der Waals surface area contributed by atoms with Crippen LogP contribution in [0.3, 0.4) is 0 Å². The average molecular weight is 267 g/mol. The zero-order valence-electron chi connectivity index (χ0n) is 12.5. The van der Waals surface area contributed by atoms with Crippen LogP contribution in [-0.4, -0.2) is 50.1 Å². The molecule has 1 saturated heterocycles. The SMILES string of the molecule is CCC1(C(=O)NCCN(C)C2CCCC2)CCNC1. The van der Waals surface area contributed by atoms with E-state index in [4.69, 9.17) is 0 Å². The van der Waals surface area contributed by atoms with Crippen LogP contribution in [0.5, 0.6) is 0 Å². The molecule has 1 atom stereocenters. The first-order valence-electron chi connectivity index (χ1n) is 7.87. The van der Waals surface area contributed by atoms with Gasteiger partial charge in [0.2, 0.25) is 5.91 Å². The van der Waals surface area contributed by atoms with E-state index in [2.05, 4.69) is 29.5 Å². The third-order valence-corrected chi connectivity index (χ3v) is 5.10. The van der Waals surface area contributed by atoms with Crippen molar-refractivity contribution in [2.75, 3.05) is 33.2 Å². The fourth-order valence-electron chi connectivity index (χ4n) is 3.46. The monoisotopic (exact) mass is 267 g/mol. The van der Waals surface area contributed by atoms with E-state index >= 15 is 0 Å². The molecule has 0 radical (unpaired) electrons. The minimum absolute atomic E-state index is 0.147. The molecule has 0 aromatic heterocycles. The lowest BCUT2D eigenvalue weighted by molar-refractivity contribution is -0.130. The molecule has 2 fully saturated rings. The second-order valence-corrected chi connectivity index (χ2v) is 6.24. The van der Waals surface area contributed by atoms with Crippen molar-refractivity contribution in [2.45, 2.75) is 51.5 Å². The molecular formula is C15H29N3O. The molecule has 1 saturated carbocycles. The number of hydrogen-bond acceptors (Lipinski definition) is 3. The van der Waals surface area contributed by atoms with Crippen LogP contribution >= 0.6 is 0 Å². The van der Waals surface area contributed by atoms with E-state index in [-0.39, 0.29) is 11.3 Å². The number of carbonyl (C=O) groups is 1. The minimum Gasteiger partial charge on any atom is -0.354 e. The van der Waals surface area contributed by atoms with E-state index in [9.17, 15) is 4.79 Å². The molecular weight excluding hydrogens is 238 g/mol.